The monoisotopic (exact) mass is 539 g/mol. The molecule has 1 fully saturated rings. The Morgan fingerprint density at radius 1 is 0.946 bits per heavy atom. The summed E-state index contributed by atoms with van der Waals surface area (Å²) in [6, 6.07) is 20.7. The molecule has 3 aromatic carbocycles. The Morgan fingerprint density at radius 2 is 1.62 bits per heavy atom. The first-order chi connectivity index (χ1) is 17.8. The number of anilines is 1. The van der Waals surface area contributed by atoms with Crippen molar-refractivity contribution in [3.63, 3.8) is 0 Å². The number of nitrogens with one attached hydrogen (secondary N) is 1. The van der Waals surface area contributed by atoms with Crippen LogP contribution in [0.1, 0.15) is 47.2 Å². The lowest BCUT2D eigenvalue weighted by atomic mass is 10.1. The van der Waals surface area contributed by atoms with Gasteiger partial charge < -0.3 is 10.2 Å². The molecule has 1 aliphatic rings. The minimum Gasteiger partial charge on any atom is -0.352 e. The van der Waals surface area contributed by atoms with Crippen LogP contribution in [0.4, 0.5) is 5.69 Å². The third-order valence-electron chi connectivity index (χ3n) is 6.65. The van der Waals surface area contributed by atoms with E-state index in [0.29, 0.717) is 22.8 Å². The van der Waals surface area contributed by atoms with Crippen LogP contribution in [0.2, 0.25) is 5.02 Å². The van der Waals surface area contributed by atoms with E-state index in [2.05, 4.69) is 10.2 Å². The molecule has 3 aromatic rings. The minimum absolute atomic E-state index is 0.0621. The van der Waals surface area contributed by atoms with Crippen molar-refractivity contribution in [2.75, 3.05) is 30.5 Å². The number of likely N-dealkylation sites (tertiary alicyclic amines) is 1. The van der Waals surface area contributed by atoms with Gasteiger partial charge in [0.25, 0.3) is 15.9 Å². The fourth-order valence-corrected chi connectivity index (χ4v) is 6.16. The number of rotatable bonds is 10. The number of para-hydroxylation sites is 1. The first kappa shape index (κ1) is 27.2. The summed E-state index contributed by atoms with van der Waals surface area (Å²) >= 11 is 6.05. The van der Waals surface area contributed by atoms with E-state index in [1.165, 1.54) is 23.6 Å². The third-order valence-corrected chi connectivity index (χ3v) is 8.68. The van der Waals surface area contributed by atoms with Crippen molar-refractivity contribution >= 4 is 33.2 Å². The van der Waals surface area contributed by atoms with E-state index in [1.807, 2.05) is 6.92 Å². The number of amides is 1. The third kappa shape index (κ3) is 7.12. The predicted molar refractivity (Wildman–Crippen MR) is 150 cm³/mol. The molecular weight excluding hydrogens is 506 g/mol. The highest BCUT2D eigenvalue weighted by molar-refractivity contribution is 7.92. The van der Waals surface area contributed by atoms with Crippen molar-refractivity contribution in [1.82, 2.24) is 10.2 Å². The molecule has 196 valence electrons. The fraction of sp³-hybridized carbons (Fsp3) is 0.345. The number of aryl methyl sites for hydroxylation is 1. The molecule has 6 nitrogen and oxygen atoms in total. The first-order valence-corrected chi connectivity index (χ1v) is 14.6. The standard InChI is InChI=1S/C29H34ClN3O3S/c1-23-10-16-26(17-11-23)37(35,36)33(22-24-12-14-25(30)15-13-24)28-9-4-3-8-27(28)29(34)31-18-7-21-32-19-5-2-6-20-32/h3-4,8-17H,2,5-7,18-22H2,1H3,(H,31,34). The van der Waals surface area contributed by atoms with Gasteiger partial charge in [0.05, 0.1) is 22.7 Å². The number of sulfonamides is 1. The molecule has 0 bridgehead atoms. The van der Waals surface area contributed by atoms with E-state index in [0.717, 1.165) is 37.2 Å². The number of hydrogen-bond donors (Lipinski definition) is 1. The Hall–Kier alpha value is -2.87. The SMILES string of the molecule is Cc1ccc(S(=O)(=O)N(Cc2ccc(Cl)cc2)c2ccccc2C(=O)NCCCN2CCCCC2)cc1. The molecule has 0 radical (unpaired) electrons. The molecule has 1 saturated heterocycles. The van der Waals surface area contributed by atoms with E-state index in [1.54, 1.807) is 72.8 Å². The van der Waals surface area contributed by atoms with Crippen LogP contribution in [0.5, 0.6) is 0 Å². The molecule has 1 aliphatic heterocycles. The summed E-state index contributed by atoms with van der Waals surface area (Å²) < 4.78 is 29.1. The van der Waals surface area contributed by atoms with Crippen molar-refractivity contribution in [3.8, 4) is 0 Å². The van der Waals surface area contributed by atoms with Crippen molar-refractivity contribution in [2.45, 2.75) is 44.0 Å². The summed E-state index contributed by atoms with van der Waals surface area (Å²) in [6.45, 7) is 5.69. The van der Waals surface area contributed by atoms with Crippen LogP contribution in [0.3, 0.4) is 0 Å². The van der Waals surface area contributed by atoms with Crippen LogP contribution in [0.25, 0.3) is 0 Å². The number of halogens is 1. The molecular formula is C29H34ClN3O3S. The zero-order chi connectivity index (χ0) is 26.3. The van der Waals surface area contributed by atoms with Gasteiger partial charge in [-0.05, 0) is 87.8 Å². The number of nitrogens with zero attached hydrogens (tertiary/aromatic N) is 2. The Kier molecular flexibility index (Phi) is 9.24. The Morgan fingerprint density at radius 3 is 2.32 bits per heavy atom. The number of carbonyl (C=O) groups excluding carboxylic acids is 1. The molecule has 0 spiro atoms. The molecule has 0 atom stereocenters. The molecule has 1 heterocycles. The highest BCUT2D eigenvalue weighted by atomic mass is 35.5. The van der Waals surface area contributed by atoms with Gasteiger partial charge in [0, 0.05) is 11.6 Å². The number of piperidine rings is 1. The van der Waals surface area contributed by atoms with Crippen LogP contribution in [0, 0.1) is 6.92 Å². The number of carbonyl (C=O) groups is 1. The molecule has 0 aliphatic carbocycles. The molecule has 0 saturated carbocycles. The molecule has 0 unspecified atom stereocenters. The van der Waals surface area contributed by atoms with E-state index in [-0.39, 0.29) is 17.3 Å². The normalized spacial score (nSPS) is 14.3. The second-order valence-corrected chi connectivity index (χ2v) is 11.8. The quantitative estimate of drug-likeness (QED) is 0.338. The first-order valence-electron chi connectivity index (χ1n) is 12.8. The lowest BCUT2D eigenvalue weighted by Gasteiger charge is -2.27. The van der Waals surface area contributed by atoms with E-state index < -0.39 is 10.0 Å². The largest absolute Gasteiger partial charge is 0.352 e. The van der Waals surface area contributed by atoms with E-state index >= 15 is 0 Å². The van der Waals surface area contributed by atoms with Gasteiger partial charge in [-0.25, -0.2) is 8.42 Å². The van der Waals surface area contributed by atoms with E-state index in [9.17, 15) is 13.2 Å². The molecule has 37 heavy (non-hydrogen) atoms. The maximum Gasteiger partial charge on any atom is 0.264 e. The topological polar surface area (TPSA) is 69.7 Å². The van der Waals surface area contributed by atoms with E-state index in [4.69, 9.17) is 11.6 Å². The zero-order valence-electron chi connectivity index (χ0n) is 21.2. The summed E-state index contributed by atoms with van der Waals surface area (Å²) in [5.41, 5.74) is 2.39. The van der Waals surface area contributed by atoms with Gasteiger partial charge in [0.2, 0.25) is 0 Å². The van der Waals surface area contributed by atoms with Crippen molar-refractivity contribution in [3.05, 3.63) is 94.5 Å². The fourth-order valence-electron chi connectivity index (χ4n) is 4.56. The number of hydrogen-bond acceptors (Lipinski definition) is 4. The summed E-state index contributed by atoms with van der Waals surface area (Å²) in [5, 5.41) is 3.57. The Bertz CT molecular complexity index is 1290. The van der Waals surface area contributed by atoms with Gasteiger partial charge in [-0.2, -0.15) is 0 Å². The van der Waals surface area contributed by atoms with Crippen LogP contribution < -0.4 is 9.62 Å². The van der Waals surface area contributed by atoms with Gasteiger partial charge in [0.15, 0.2) is 0 Å². The smallest absolute Gasteiger partial charge is 0.264 e. The van der Waals surface area contributed by atoms with Gasteiger partial charge in [0.1, 0.15) is 0 Å². The van der Waals surface area contributed by atoms with Gasteiger partial charge in [-0.15, -0.1) is 0 Å². The maximum atomic E-state index is 13.9. The highest BCUT2D eigenvalue weighted by Crippen LogP contribution is 2.30. The van der Waals surface area contributed by atoms with Gasteiger partial charge in [-0.1, -0.05) is 60.0 Å². The lowest BCUT2D eigenvalue weighted by molar-refractivity contribution is 0.0951. The predicted octanol–water partition coefficient (Wildman–Crippen LogP) is 5.65. The van der Waals surface area contributed by atoms with Crippen LogP contribution in [-0.2, 0) is 16.6 Å². The van der Waals surface area contributed by atoms with Crippen molar-refractivity contribution in [2.24, 2.45) is 0 Å². The minimum atomic E-state index is -3.96. The second-order valence-electron chi connectivity index (χ2n) is 9.48. The van der Waals surface area contributed by atoms with Crippen LogP contribution >= 0.6 is 11.6 Å². The summed E-state index contributed by atoms with van der Waals surface area (Å²) in [7, 11) is -3.96. The average Bonchev–Trinajstić information content (AvgIpc) is 2.91. The summed E-state index contributed by atoms with van der Waals surface area (Å²) in [6.07, 6.45) is 4.61. The Balaban J connectivity index is 1.59. The molecule has 0 aromatic heterocycles. The zero-order valence-corrected chi connectivity index (χ0v) is 22.8. The summed E-state index contributed by atoms with van der Waals surface area (Å²) in [5.74, 6) is -0.283. The second kappa shape index (κ2) is 12.6. The van der Waals surface area contributed by atoms with Crippen LogP contribution in [-0.4, -0.2) is 45.4 Å². The van der Waals surface area contributed by atoms with Crippen molar-refractivity contribution < 1.29 is 13.2 Å². The Labute approximate surface area is 225 Å². The number of benzene rings is 3. The molecule has 1 N–H and O–H groups in total. The molecule has 4 rings (SSSR count). The highest BCUT2D eigenvalue weighted by Gasteiger charge is 2.28. The molecule has 1 amide bonds. The average molecular weight is 540 g/mol. The van der Waals surface area contributed by atoms with Gasteiger partial charge in [-0.3, -0.25) is 9.10 Å². The molecule has 8 heteroatoms. The lowest BCUT2D eigenvalue weighted by Crippen LogP contribution is -2.35. The van der Waals surface area contributed by atoms with Gasteiger partial charge >= 0.3 is 0 Å². The maximum absolute atomic E-state index is 13.9. The van der Waals surface area contributed by atoms with Crippen LogP contribution in [0.15, 0.2) is 77.7 Å². The van der Waals surface area contributed by atoms with Crippen molar-refractivity contribution in [1.29, 1.82) is 0 Å². The summed E-state index contributed by atoms with van der Waals surface area (Å²) in [4.78, 5) is 15.9.